The van der Waals surface area contributed by atoms with E-state index in [1.807, 2.05) is 0 Å². The maximum absolute atomic E-state index is 15.0. The van der Waals surface area contributed by atoms with Crippen LogP contribution in [0.15, 0.2) is 60.8 Å². The molecule has 0 aliphatic heterocycles. The molecular weight excluding hydrogens is 386 g/mol. The number of ether oxygens (including phenoxy) is 1. The molecule has 0 fully saturated rings. The fourth-order valence-corrected chi connectivity index (χ4v) is 3.41. The zero-order valence-electron chi connectivity index (χ0n) is 16.6. The van der Waals surface area contributed by atoms with E-state index in [1.54, 1.807) is 53.2 Å². The number of hydrogen-bond acceptors (Lipinski definition) is 4. The van der Waals surface area contributed by atoms with Crippen molar-refractivity contribution in [3.05, 3.63) is 78.0 Å². The van der Waals surface area contributed by atoms with Crippen molar-refractivity contribution >= 4 is 11.6 Å². The SMILES string of the molecule is C[C@@H](CCOc1cccc(-c2ccn3nc(N)nc3c2)c1F)Cc1ccc(F)cc1. The van der Waals surface area contributed by atoms with Crippen molar-refractivity contribution < 1.29 is 13.5 Å². The van der Waals surface area contributed by atoms with Gasteiger partial charge in [0, 0.05) is 11.8 Å². The Balaban J connectivity index is 1.41. The molecule has 2 aromatic heterocycles. The molecule has 30 heavy (non-hydrogen) atoms. The van der Waals surface area contributed by atoms with E-state index in [-0.39, 0.29) is 17.5 Å². The van der Waals surface area contributed by atoms with Gasteiger partial charge in [-0.05, 0) is 60.2 Å². The lowest BCUT2D eigenvalue weighted by molar-refractivity contribution is 0.272. The zero-order chi connectivity index (χ0) is 21.1. The van der Waals surface area contributed by atoms with E-state index in [2.05, 4.69) is 17.0 Å². The molecule has 0 bridgehead atoms. The number of anilines is 1. The second kappa shape index (κ2) is 8.49. The highest BCUT2D eigenvalue weighted by Crippen LogP contribution is 2.30. The van der Waals surface area contributed by atoms with Gasteiger partial charge in [0.15, 0.2) is 17.2 Å². The van der Waals surface area contributed by atoms with Crippen LogP contribution in [0.5, 0.6) is 5.75 Å². The summed E-state index contributed by atoms with van der Waals surface area (Å²) >= 11 is 0. The van der Waals surface area contributed by atoms with Crippen LogP contribution in [0.4, 0.5) is 14.7 Å². The number of benzene rings is 2. The summed E-state index contributed by atoms with van der Waals surface area (Å²) in [5, 5.41) is 4.03. The zero-order valence-corrected chi connectivity index (χ0v) is 16.6. The van der Waals surface area contributed by atoms with Gasteiger partial charge in [0.2, 0.25) is 5.95 Å². The Bertz CT molecular complexity index is 1160. The Labute approximate surface area is 173 Å². The molecule has 5 nitrogen and oxygen atoms in total. The molecule has 154 valence electrons. The summed E-state index contributed by atoms with van der Waals surface area (Å²) in [7, 11) is 0. The third-order valence-corrected chi connectivity index (χ3v) is 4.99. The smallest absolute Gasteiger partial charge is 0.240 e. The second-order valence-electron chi connectivity index (χ2n) is 7.38. The van der Waals surface area contributed by atoms with E-state index in [4.69, 9.17) is 10.5 Å². The van der Waals surface area contributed by atoms with Crippen molar-refractivity contribution in [1.29, 1.82) is 0 Å². The van der Waals surface area contributed by atoms with Crippen LogP contribution in [0.25, 0.3) is 16.8 Å². The molecule has 0 spiro atoms. The summed E-state index contributed by atoms with van der Waals surface area (Å²) in [5.41, 5.74) is 8.33. The molecule has 0 saturated heterocycles. The van der Waals surface area contributed by atoms with Crippen LogP contribution in [0.2, 0.25) is 0 Å². The molecule has 0 saturated carbocycles. The standard InChI is InChI=1S/C23H22F2N4O/c1-15(13-16-5-7-18(24)8-6-16)10-12-30-20-4-2-3-19(22(20)25)17-9-11-29-21(14-17)27-23(26)28-29/h2-9,11,14-15H,10,12-13H2,1H3,(H2,26,28)/t15-/m0/s1. The van der Waals surface area contributed by atoms with Crippen LogP contribution in [-0.4, -0.2) is 21.2 Å². The summed E-state index contributed by atoms with van der Waals surface area (Å²) in [6, 6.07) is 15.1. The average Bonchev–Trinajstić information content (AvgIpc) is 3.10. The van der Waals surface area contributed by atoms with E-state index in [1.165, 1.54) is 12.1 Å². The van der Waals surface area contributed by atoms with Crippen molar-refractivity contribution in [3.8, 4) is 16.9 Å². The molecule has 4 rings (SSSR count). The highest BCUT2D eigenvalue weighted by molar-refractivity contribution is 5.69. The fourth-order valence-electron chi connectivity index (χ4n) is 3.41. The number of rotatable bonds is 7. The van der Waals surface area contributed by atoms with Gasteiger partial charge in [-0.25, -0.2) is 13.3 Å². The third kappa shape index (κ3) is 4.40. The number of halogens is 2. The van der Waals surface area contributed by atoms with Gasteiger partial charge >= 0.3 is 0 Å². The van der Waals surface area contributed by atoms with Gasteiger partial charge in [-0.15, -0.1) is 5.10 Å². The first-order chi connectivity index (χ1) is 14.5. The van der Waals surface area contributed by atoms with Crippen molar-refractivity contribution in [2.45, 2.75) is 19.8 Å². The molecule has 2 heterocycles. The minimum Gasteiger partial charge on any atom is -0.490 e. The van der Waals surface area contributed by atoms with E-state index in [0.29, 0.717) is 29.3 Å². The number of fused-ring (bicyclic) bond motifs is 1. The quantitative estimate of drug-likeness (QED) is 0.472. The summed E-state index contributed by atoms with van der Waals surface area (Å²) in [6.07, 6.45) is 3.26. The predicted octanol–water partition coefficient (Wildman–Crippen LogP) is 4.90. The third-order valence-electron chi connectivity index (χ3n) is 4.99. The highest BCUT2D eigenvalue weighted by atomic mass is 19.1. The van der Waals surface area contributed by atoms with Crippen molar-refractivity contribution in [2.75, 3.05) is 12.3 Å². The average molecular weight is 408 g/mol. The van der Waals surface area contributed by atoms with Crippen molar-refractivity contribution in [1.82, 2.24) is 14.6 Å². The number of aromatic nitrogens is 3. The normalized spacial score (nSPS) is 12.2. The molecule has 7 heteroatoms. The Hall–Kier alpha value is -3.48. The lowest BCUT2D eigenvalue weighted by atomic mass is 9.98. The van der Waals surface area contributed by atoms with E-state index in [0.717, 1.165) is 18.4 Å². The van der Waals surface area contributed by atoms with Gasteiger partial charge in [0.25, 0.3) is 0 Å². The molecule has 0 aliphatic rings. The molecule has 1 atom stereocenters. The fraction of sp³-hybridized carbons (Fsp3) is 0.217. The van der Waals surface area contributed by atoms with E-state index in [9.17, 15) is 4.39 Å². The largest absolute Gasteiger partial charge is 0.490 e. The van der Waals surface area contributed by atoms with Crippen molar-refractivity contribution in [3.63, 3.8) is 0 Å². The van der Waals surface area contributed by atoms with Crippen LogP contribution < -0.4 is 10.5 Å². The number of nitrogens with two attached hydrogens (primary N) is 1. The van der Waals surface area contributed by atoms with Gasteiger partial charge in [0.05, 0.1) is 6.61 Å². The number of hydrogen-bond donors (Lipinski definition) is 1. The van der Waals surface area contributed by atoms with Gasteiger partial charge in [-0.1, -0.05) is 31.2 Å². The van der Waals surface area contributed by atoms with E-state index < -0.39 is 5.82 Å². The molecule has 4 aromatic rings. The summed E-state index contributed by atoms with van der Waals surface area (Å²) in [5.74, 6) is 0.0431. The first-order valence-corrected chi connectivity index (χ1v) is 9.77. The molecule has 0 aliphatic carbocycles. The van der Waals surface area contributed by atoms with E-state index >= 15 is 4.39 Å². The topological polar surface area (TPSA) is 65.4 Å². The van der Waals surface area contributed by atoms with Gasteiger partial charge in [-0.2, -0.15) is 4.98 Å². The van der Waals surface area contributed by atoms with Crippen LogP contribution in [0.1, 0.15) is 18.9 Å². The first kappa shape index (κ1) is 19.8. The lowest BCUT2D eigenvalue weighted by Gasteiger charge is -2.14. The molecule has 2 aromatic carbocycles. The number of pyridine rings is 1. The highest BCUT2D eigenvalue weighted by Gasteiger charge is 2.13. The summed E-state index contributed by atoms with van der Waals surface area (Å²) in [4.78, 5) is 4.11. The van der Waals surface area contributed by atoms with Crippen LogP contribution in [0.3, 0.4) is 0 Å². The maximum Gasteiger partial charge on any atom is 0.240 e. The second-order valence-corrected chi connectivity index (χ2v) is 7.38. The van der Waals surface area contributed by atoms with Gasteiger partial charge in [0.1, 0.15) is 5.82 Å². The first-order valence-electron chi connectivity index (χ1n) is 9.77. The lowest BCUT2D eigenvalue weighted by Crippen LogP contribution is -2.08. The molecule has 0 radical (unpaired) electrons. The summed E-state index contributed by atoms with van der Waals surface area (Å²) in [6.45, 7) is 2.49. The summed E-state index contributed by atoms with van der Waals surface area (Å²) < 4.78 is 35.3. The minimum absolute atomic E-state index is 0.166. The molecule has 2 N–H and O–H groups in total. The van der Waals surface area contributed by atoms with Crippen LogP contribution >= 0.6 is 0 Å². The Morgan fingerprint density at radius 1 is 1.10 bits per heavy atom. The monoisotopic (exact) mass is 408 g/mol. The van der Waals surface area contributed by atoms with Gasteiger partial charge in [-0.3, -0.25) is 0 Å². The Morgan fingerprint density at radius 2 is 1.90 bits per heavy atom. The minimum atomic E-state index is -0.416. The number of nitrogen functional groups attached to an aromatic ring is 1. The van der Waals surface area contributed by atoms with Crippen LogP contribution in [-0.2, 0) is 6.42 Å². The Morgan fingerprint density at radius 3 is 2.70 bits per heavy atom. The maximum atomic E-state index is 15.0. The van der Waals surface area contributed by atoms with Crippen molar-refractivity contribution in [2.24, 2.45) is 5.92 Å². The number of nitrogens with zero attached hydrogens (tertiary/aromatic N) is 3. The van der Waals surface area contributed by atoms with Crippen LogP contribution in [0, 0.1) is 17.6 Å². The molecular formula is C23H22F2N4O. The molecule has 0 amide bonds. The molecule has 0 unspecified atom stereocenters. The van der Waals surface area contributed by atoms with Gasteiger partial charge < -0.3 is 10.5 Å². The Kier molecular flexibility index (Phi) is 5.61. The predicted molar refractivity (Wildman–Crippen MR) is 112 cm³/mol.